The maximum absolute atomic E-state index is 12.8. The Balaban J connectivity index is 0.000000368. The molecule has 3 unspecified atom stereocenters. The Morgan fingerprint density at radius 3 is 2.33 bits per heavy atom. The normalized spacial score (nSPS) is 21.2. The fourth-order valence-corrected chi connectivity index (χ4v) is 4.92. The number of likely N-dealkylation sites (tertiary alicyclic amines) is 1. The minimum atomic E-state index is -0.906. The summed E-state index contributed by atoms with van der Waals surface area (Å²) < 4.78 is 5.00. The minimum absolute atomic E-state index is 0.0761. The molecule has 3 atom stereocenters. The molecule has 1 aromatic heterocycles. The number of aldehydes is 2. The van der Waals surface area contributed by atoms with Crippen LogP contribution in [0.15, 0.2) is 58.1 Å². The molecule has 2 aliphatic heterocycles. The lowest BCUT2D eigenvalue weighted by Crippen LogP contribution is -2.42. The molecule has 1 aromatic carbocycles. The van der Waals surface area contributed by atoms with Gasteiger partial charge < -0.3 is 24.6 Å². The van der Waals surface area contributed by atoms with Crippen molar-refractivity contribution >= 4 is 30.0 Å². The topological polar surface area (TPSA) is 128 Å². The van der Waals surface area contributed by atoms with Crippen LogP contribution in [0.4, 0.5) is 0 Å². The molecule has 4 rings (SSSR count). The number of benzene rings is 1. The lowest BCUT2D eigenvalue weighted by Gasteiger charge is -2.21. The van der Waals surface area contributed by atoms with Gasteiger partial charge in [-0.1, -0.05) is 49.3 Å². The van der Waals surface area contributed by atoms with E-state index in [2.05, 4.69) is 22.4 Å². The first-order valence-corrected chi connectivity index (χ1v) is 14.1. The summed E-state index contributed by atoms with van der Waals surface area (Å²) in [6.07, 6.45) is 8.87. The summed E-state index contributed by atoms with van der Waals surface area (Å²) in [5, 5.41) is 13.7. The molecular weight excluding hydrogens is 534 g/mol. The van der Waals surface area contributed by atoms with Crippen LogP contribution in [0.5, 0.6) is 0 Å². The number of aromatic nitrogens is 1. The van der Waals surface area contributed by atoms with E-state index in [9.17, 15) is 14.4 Å². The molecule has 1 fully saturated rings. The molecule has 10 nitrogen and oxygen atoms in total. The van der Waals surface area contributed by atoms with E-state index in [1.807, 2.05) is 77.0 Å². The number of carbonyl (C=O) groups excluding carboxylic acids is 3. The molecule has 10 heteroatoms. The first-order valence-electron chi connectivity index (χ1n) is 14.1. The minimum Gasteiger partial charge on any atom is -0.400 e. The Kier molecular flexibility index (Phi) is 13.0. The van der Waals surface area contributed by atoms with Crippen LogP contribution in [0, 0.1) is 12.8 Å². The zero-order valence-electron chi connectivity index (χ0n) is 26.0. The number of likely N-dealkylation sites (N-methyl/N-ethyl adjacent to an activating group) is 1. The predicted octanol–water partition coefficient (Wildman–Crippen LogP) is 3.71. The quantitative estimate of drug-likeness (QED) is 0.261. The summed E-state index contributed by atoms with van der Waals surface area (Å²) in [5.41, 5.74) is 2.76. The fraction of sp³-hybridized carbons (Fsp3) is 0.469. The van der Waals surface area contributed by atoms with Gasteiger partial charge in [0.25, 0.3) is 5.91 Å². The third-order valence-corrected chi connectivity index (χ3v) is 7.37. The first kappa shape index (κ1) is 34.3. The zero-order chi connectivity index (χ0) is 31.4. The van der Waals surface area contributed by atoms with Crippen molar-refractivity contribution in [2.24, 2.45) is 10.9 Å². The second-order valence-corrected chi connectivity index (χ2v) is 11.0. The Morgan fingerprint density at radius 2 is 1.86 bits per heavy atom. The Labute approximate surface area is 249 Å². The van der Waals surface area contributed by atoms with Crippen molar-refractivity contribution < 1.29 is 24.0 Å². The number of amidine groups is 1. The van der Waals surface area contributed by atoms with Crippen LogP contribution in [-0.4, -0.2) is 85.2 Å². The number of carbonyl (C=O) groups is 3. The average Bonchev–Trinajstić information content (AvgIpc) is 3.67. The molecule has 2 aromatic rings. The number of aliphatic hydroxyl groups excluding tert-OH is 1. The monoisotopic (exact) mass is 579 g/mol. The number of nitrogens with one attached hydrogen (secondary N) is 1. The van der Waals surface area contributed by atoms with Crippen molar-refractivity contribution in [1.29, 1.82) is 0 Å². The smallest absolute Gasteiger partial charge is 0.257 e. The standard InChI is InChI=1S/C22H28N4O2.C9H13NO2.CH4O/c1-22(21(28)23-20(24-22)19-9-7-14-26(19)4)17-12-10-16(11-13-17)18(25(2)3)8-5-6-15-27;1-6(2)8(5-11)9-4-7(3)10-12-9;1-2/h5-6,8,10-13,15,19H,7,9,14H2,1-4H3,(H,23,24,28);4-6,8H,1-3H3;2H,1H3/b6-5-,18-8-;;. The largest absolute Gasteiger partial charge is 0.400 e. The third kappa shape index (κ3) is 8.33. The molecule has 1 saturated heterocycles. The highest BCUT2D eigenvalue weighted by molar-refractivity contribution is 6.10. The van der Waals surface area contributed by atoms with Crippen molar-refractivity contribution in [1.82, 2.24) is 20.3 Å². The van der Waals surface area contributed by atoms with Crippen LogP contribution in [-0.2, 0) is 19.9 Å². The van der Waals surface area contributed by atoms with E-state index >= 15 is 0 Å². The number of aliphatic hydroxyl groups is 1. The molecule has 2 aliphatic rings. The number of aryl methyl sites for hydroxylation is 1. The molecule has 0 bridgehead atoms. The van der Waals surface area contributed by atoms with E-state index in [1.165, 1.54) is 6.08 Å². The van der Waals surface area contributed by atoms with E-state index in [0.29, 0.717) is 5.76 Å². The van der Waals surface area contributed by atoms with Crippen molar-refractivity contribution in [2.45, 2.75) is 58.0 Å². The summed E-state index contributed by atoms with van der Waals surface area (Å²) in [4.78, 5) is 43.0. The molecule has 0 aliphatic carbocycles. The Bertz CT molecular complexity index is 1280. The van der Waals surface area contributed by atoms with E-state index in [-0.39, 0.29) is 23.8 Å². The Morgan fingerprint density at radius 1 is 1.19 bits per heavy atom. The maximum Gasteiger partial charge on any atom is 0.257 e. The molecule has 3 heterocycles. The molecular formula is C32H45N5O5. The van der Waals surface area contributed by atoms with Crippen molar-refractivity contribution in [3.63, 3.8) is 0 Å². The summed E-state index contributed by atoms with van der Waals surface area (Å²) in [7, 11) is 6.98. The van der Waals surface area contributed by atoms with E-state index < -0.39 is 5.54 Å². The van der Waals surface area contributed by atoms with Gasteiger partial charge in [-0.2, -0.15) is 0 Å². The summed E-state index contributed by atoms with van der Waals surface area (Å²) >= 11 is 0. The highest BCUT2D eigenvalue weighted by Crippen LogP contribution is 2.32. The summed E-state index contributed by atoms with van der Waals surface area (Å²) in [5.74, 6) is 1.47. The molecule has 42 heavy (non-hydrogen) atoms. The highest BCUT2D eigenvalue weighted by atomic mass is 16.5. The van der Waals surface area contributed by atoms with Gasteiger partial charge in [-0.05, 0) is 69.5 Å². The van der Waals surface area contributed by atoms with E-state index in [0.717, 1.165) is 67.4 Å². The average molecular weight is 580 g/mol. The SMILES string of the molecule is CN(C)/C(=C\C=C/C=O)c1ccc(C2(C)N=C(C3CCCN3C)NC2=O)cc1.CO.Cc1cc(C(C=O)C(C)C)on1. The van der Waals surface area contributed by atoms with Crippen molar-refractivity contribution in [3.8, 4) is 0 Å². The van der Waals surface area contributed by atoms with Gasteiger partial charge >= 0.3 is 0 Å². The second kappa shape index (κ2) is 15.9. The first-order chi connectivity index (χ1) is 20.0. The van der Waals surface area contributed by atoms with Gasteiger partial charge in [0.1, 0.15) is 24.2 Å². The number of nitrogens with zero attached hydrogens (tertiary/aromatic N) is 4. The van der Waals surface area contributed by atoms with E-state index in [4.69, 9.17) is 14.6 Å². The van der Waals surface area contributed by atoms with Gasteiger partial charge in [-0.15, -0.1) is 0 Å². The summed E-state index contributed by atoms with van der Waals surface area (Å²) in [6, 6.07) is 9.89. The molecule has 0 radical (unpaired) electrons. The van der Waals surface area contributed by atoms with Gasteiger partial charge in [0.05, 0.1) is 17.7 Å². The summed E-state index contributed by atoms with van der Waals surface area (Å²) in [6.45, 7) is 8.71. The van der Waals surface area contributed by atoms with Crippen molar-refractivity contribution in [2.75, 3.05) is 34.8 Å². The second-order valence-electron chi connectivity index (χ2n) is 11.0. The van der Waals surface area contributed by atoms with Crippen LogP contribution in [0.1, 0.15) is 62.1 Å². The fourth-order valence-electron chi connectivity index (χ4n) is 4.92. The Hall–Kier alpha value is -3.89. The number of hydrogen-bond donors (Lipinski definition) is 2. The molecule has 0 spiro atoms. The number of rotatable bonds is 9. The molecule has 2 N–H and O–H groups in total. The van der Waals surface area contributed by atoms with Gasteiger partial charge in [0.2, 0.25) is 0 Å². The molecule has 228 valence electrons. The highest BCUT2D eigenvalue weighted by Gasteiger charge is 2.43. The third-order valence-electron chi connectivity index (χ3n) is 7.37. The lowest BCUT2D eigenvalue weighted by molar-refractivity contribution is -0.123. The van der Waals surface area contributed by atoms with Gasteiger partial charge in [-0.25, -0.2) is 4.99 Å². The van der Waals surface area contributed by atoms with Gasteiger partial charge in [0.15, 0.2) is 5.54 Å². The maximum atomic E-state index is 12.8. The molecule has 0 saturated carbocycles. The zero-order valence-corrected chi connectivity index (χ0v) is 26.0. The predicted molar refractivity (Wildman–Crippen MR) is 165 cm³/mol. The van der Waals surface area contributed by atoms with Gasteiger partial charge in [0, 0.05) is 33.0 Å². The number of hydrogen-bond acceptors (Lipinski definition) is 9. The molecule has 1 amide bonds. The van der Waals surface area contributed by atoms with Crippen LogP contribution < -0.4 is 5.32 Å². The van der Waals surface area contributed by atoms with Crippen LogP contribution in [0.2, 0.25) is 0 Å². The lowest BCUT2D eigenvalue weighted by atomic mass is 9.91. The van der Waals surface area contributed by atoms with Crippen molar-refractivity contribution in [3.05, 3.63) is 71.1 Å². The number of aliphatic imine (C=N–C) groups is 1. The number of amides is 1. The van der Waals surface area contributed by atoms with E-state index in [1.54, 1.807) is 12.1 Å². The van der Waals surface area contributed by atoms with Gasteiger partial charge in [-0.3, -0.25) is 14.5 Å². The van der Waals surface area contributed by atoms with Crippen LogP contribution in [0.3, 0.4) is 0 Å². The number of allylic oxidation sites excluding steroid dienone is 3. The van der Waals surface area contributed by atoms with Crippen LogP contribution in [0.25, 0.3) is 5.70 Å². The van der Waals surface area contributed by atoms with Crippen LogP contribution >= 0.6 is 0 Å².